The summed E-state index contributed by atoms with van der Waals surface area (Å²) in [6, 6.07) is 32.5. The first-order valence-corrected chi connectivity index (χ1v) is 12.0. The number of nitriles is 1. The molecule has 0 aliphatic heterocycles. The van der Waals surface area contributed by atoms with Crippen molar-refractivity contribution in [3.8, 4) is 17.6 Å². The van der Waals surface area contributed by atoms with Gasteiger partial charge in [-0.05, 0) is 72.5 Å². The van der Waals surface area contributed by atoms with Crippen LogP contribution in [-0.4, -0.2) is 5.91 Å². The summed E-state index contributed by atoms with van der Waals surface area (Å²) in [6.45, 7) is 4.99. The van der Waals surface area contributed by atoms with Crippen molar-refractivity contribution >= 4 is 17.7 Å². The standard InChI is InChI=1S/C32H28N2O3/c1-23-12-13-26(18-24(23)2)22-37-31-11-7-6-10-27(31)19-28(20-33)32(35)34-29-14-16-30(17-15-29)36-21-25-8-4-3-5-9-25/h3-19H,21-22H2,1-2H3,(H,34,35)/b28-19+. The molecule has 4 rings (SSSR count). The normalized spacial score (nSPS) is 10.9. The van der Waals surface area contributed by atoms with E-state index in [1.807, 2.05) is 66.7 Å². The molecule has 184 valence electrons. The molecular formula is C32H28N2O3. The molecule has 0 bridgehead atoms. The summed E-state index contributed by atoms with van der Waals surface area (Å²) in [4.78, 5) is 12.8. The third-order valence-electron chi connectivity index (χ3n) is 5.91. The molecule has 0 saturated heterocycles. The molecular weight excluding hydrogens is 460 g/mol. The Hall–Kier alpha value is -4.82. The Morgan fingerprint density at radius 2 is 1.51 bits per heavy atom. The molecule has 0 heterocycles. The van der Waals surface area contributed by atoms with Crippen LogP contribution in [0.3, 0.4) is 0 Å². The Morgan fingerprint density at radius 1 is 0.811 bits per heavy atom. The molecule has 0 radical (unpaired) electrons. The van der Waals surface area contributed by atoms with E-state index in [2.05, 4.69) is 31.3 Å². The molecule has 0 fully saturated rings. The van der Waals surface area contributed by atoms with E-state index in [4.69, 9.17) is 9.47 Å². The van der Waals surface area contributed by atoms with E-state index in [0.717, 1.165) is 11.1 Å². The molecule has 4 aromatic rings. The van der Waals surface area contributed by atoms with E-state index < -0.39 is 5.91 Å². The van der Waals surface area contributed by atoms with Crippen molar-refractivity contribution in [1.29, 1.82) is 5.26 Å². The van der Waals surface area contributed by atoms with Crippen LogP contribution >= 0.6 is 0 Å². The topological polar surface area (TPSA) is 71.3 Å². The van der Waals surface area contributed by atoms with Crippen molar-refractivity contribution in [1.82, 2.24) is 0 Å². The van der Waals surface area contributed by atoms with Crippen LogP contribution in [0.25, 0.3) is 6.08 Å². The third-order valence-corrected chi connectivity index (χ3v) is 5.91. The fraction of sp³-hybridized carbons (Fsp3) is 0.125. The van der Waals surface area contributed by atoms with Gasteiger partial charge in [-0.1, -0.05) is 66.7 Å². The minimum absolute atomic E-state index is 0.0216. The predicted molar refractivity (Wildman–Crippen MR) is 146 cm³/mol. The Bertz CT molecular complexity index is 1440. The van der Waals surface area contributed by atoms with Gasteiger partial charge in [-0.3, -0.25) is 4.79 Å². The number of anilines is 1. The highest BCUT2D eigenvalue weighted by molar-refractivity contribution is 6.09. The van der Waals surface area contributed by atoms with Crippen LogP contribution in [0.1, 0.15) is 27.8 Å². The van der Waals surface area contributed by atoms with Gasteiger partial charge in [0.1, 0.15) is 36.4 Å². The lowest BCUT2D eigenvalue weighted by Gasteiger charge is -2.11. The molecule has 0 aliphatic carbocycles. The highest BCUT2D eigenvalue weighted by Gasteiger charge is 2.12. The van der Waals surface area contributed by atoms with Crippen LogP contribution in [0.4, 0.5) is 5.69 Å². The van der Waals surface area contributed by atoms with Gasteiger partial charge in [-0.25, -0.2) is 0 Å². The van der Waals surface area contributed by atoms with E-state index >= 15 is 0 Å². The third kappa shape index (κ3) is 7.09. The zero-order valence-corrected chi connectivity index (χ0v) is 20.9. The largest absolute Gasteiger partial charge is 0.489 e. The summed E-state index contributed by atoms with van der Waals surface area (Å²) in [7, 11) is 0. The van der Waals surface area contributed by atoms with Crippen LogP contribution in [0, 0.1) is 25.2 Å². The smallest absolute Gasteiger partial charge is 0.266 e. The van der Waals surface area contributed by atoms with Crippen molar-refractivity contribution in [3.05, 3.63) is 130 Å². The fourth-order valence-corrected chi connectivity index (χ4v) is 3.66. The average Bonchev–Trinajstić information content (AvgIpc) is 2.93. The number of hydrogen-bond acceptors (Lipinski definition) is 4. The second-order valence-electron chi connectivity index (χ2n) is 8.67. The number of amides is 1. The number of ether oxygens (including phenoxy) is 2. The average molecular weight is 489 g/mol. The van der Waals surface area contributed by atoms with Gasteiger partial charge < -0.3 is 14.8 Å². The van der Waals surface area contributed by atoms with Crippen LogP contribution in [0.15, 0.2) is 103 Å². The molecule has 0 atom stereocenters. The monoisotopic (exact) mass is 488 g/mol. The van der Waals surface area contributed by atoms with E-state index in [-0.39, 0.29) is 5.57 Å². The second kappa shape index (κ2) is 12.2. The maximum absolute atomic E-state index is 12.8. The zero-order chi connectivity index (χ0) is 26.0. The Morgan fingerprint density at radius 3 is 2.24 bits per heavy atom. The van der Waals surface area contributed by atoms with Crippen LogP contribution in [0.5, 0.6) is 11.5 Å². The lowest BCUT2D eigenvalue weighted by atomic mass is 10.1. The molecule has 0 saturated carbocycles. The highest BCUT2D eigenvalue weighted by atomic mass is 16.5. The van der Waals surface area contributed by atoms with Gasteiger partial charge in [-0.15, -0.1) is 0 Å². The number of hydrogen-bond donors (Lipinski definition) is 1. The van der Waals surface area contributed by atoms with Gasteiger partial charge in [-0.2, -0.15) is 5.26 Å². The lowest BCUT2D eigenvalue weighted by molar-refractivity contribution is -0.112. The molecule has 0 aromatic heterocycles. The van der Waals surface area contributed by atoms with Gasteiger partial charge in [0.25, 0.3) is 5.91 Å². The minimum Gasteiger partial charge on any atom is -0.489 e. The summed E-state index contributed by atoms with van der Waals surface area (Å²) in [5.41, 5.74) is 5.75. The van der Waals surface area contributed by atoms with Crippen LogP contribution in [0.2, 0.25) is 0 Å². The summed E-state index contributed by atoms with van der Waals surface area (Å²) in [5.74, 6) is 0.790. The maximum atomic E-state index is 12.8. The quantitative estimate of drug-likeness (QED) is 0.203. The summed E-state index contributed by atoms with van der Waals surface area (Å²) in [6.07, 6.45) is 1.54. The van der Waals surface area contributed by atoms with Crippen molar-refractivity contribution in [3.63, 3.8) is 0 Å². The van der Waals surface area contributed by atoms with E-state index in [9.17, 15) is 10.1 Å². The van der Waals surface area contributed by atoms with Gasteiger partial charge in [0, 0.05) is 11.3 Å². The number of nitrogens with zero attached hydrogens (tertiary/aromatic N) is 1. The number of para-hydroxylation sites is 1. The Balaban J connectivity index is 1.40. The molecule has 1 N–H and O–H groups in total. The number of carbonyl (C=O) groups is 1. The molecule has 5 nitrogen and oxygen atoms in total. The molecule has 0 unspecified atom stereocenters. The van der Waals surface area contributed by atoms with Gasteiger partial charge in [0.05, 0.1) is 0 Å². The van der Waals surface area contributed by atoms with Gasteiger partial charge >= 0.3 is 0 Å². The first kappa shape index (κ1) is 25.3. The second-order valence-corrected chi connectivity index (χ2v) is 8.67. The molecule has 0 spiro atoms. The van der Waals surface area contributed by atoms with Crippen molar-refractivity contribution in [2.24, 2.45) is 0 Å². The molecule has 4 aromatic carbocycles. The fourth-order valence-electron chi connectivity index (χ4n) is 3.66. The molecule has 0 aliphatic rings. The lowest BCUT2D eigenvalue weighted by Crippen LogP contribution is -2.13. The van der Waals surface area contributed by atoms with Gasteiger partial charge in [0.15, 0.2) is 0 Å². The van der Waals surface area contributed by atoms with Crippen molar-refractivity contribution < 1.29 is 14.3 Å². The summed E-state index contributed by atoms with van der Waals surface area (Å²) in [5, 5.41) is 12.5. The molecule has 37 heavy (non-hydrogen) atoms. The number of nitrogens with one attached hydrogen (secondary N) is 1. The summed E-state index contributed by atoms with van der Waals surface area (Å²) >= 11 is 0. The van der Waals surface area contributed by atoms with E-state index in [1.54, 1.807) is 30.3 Å². The number of rotatable bonds is 9. The zero-order valence-electron chi connectivity index (χ0n) is 20.9. The predicted octanol–water partition coefficient (Wildman–Crippen LogP) is 7.01. The molecule has 5 heteroatoms. The Labute approximate surface area is 217 Å². The van der Waals surface area contributed by atoms with Crippen LogP contribution < -0.4 is 14.8 Å². The van der Waals surface area contributed by atoms with Gasteiger partial charge in [0.2, 0.25) is 0 Å². The first-order valence-electron chi connectivity index (χ1n) is 12.0. The van der Waals surface area contributed by atoms with Crippen molar-refractivity contribution in [2.75, 3.05) is 5.32 Å². The Kier molecular flexibility index (Phi) is 8.36. The highest BCUT2D eigenvalue weighted by Crippen LogP contribution is 2.24. The number of benzene rings is 4. The molecule has 1 amide bonds. The number of carbonyl (C=O) groups excluding carboxylic acids is 1. The number of aryl methyl sites for hydroxylation is 2. The van der Waals surface area contributed by atoms with E-state index in [0.29, 0.717) is 36.0 Å². The minimum atomic E-state index is -0.496. The van der Waals surface area contributed by atoms with Crippen LogP contribution in [-0.2, 0) is 18.0 Å². The van der Waals surface area contributed by atoms with Crippen molar-refractivity contribution in [2.45, 2.75) is 27.1 Å². The maximum Gasteiger partial charge on any atom is 0.266 e. The first-order chi connectivity index (χ1) is 18.0. The van der Waals surface area contributed by atoms with E-state index in [1.165, 1.54) is 11.1 Å². The summed E-state index contributed by atoms with van der Waals surface area (Å²) < 4.78 is 11.8. The SMILES string of the molecule is Cc1ccc(COc2ccccc2/C=C(\C#N)C(=O)Nc2ccc(OCc3ccccc3)cc2)cc1C.